The molecule has 0 amide bonds. The number of hydrogen-bond donors (Lipinski definition) is 0. The molecule has 8 heavy (non-hydrogen) atoms. The molecular weight excluding hydrogens is 100 g/mol. The van der Waals surface area contributed by atoms with Crippen molar-refractivity contribution in [2.24, 2.45) is 0 Å². The predicted molar refractivity (Wildman–Crippen MR) is 31.6 cm³/mol. The fraction of sp³-hybridized carbons (Fsp3) is 0.429. The van der Waals surface area contributed by atoms with Gasteiger partial charge in [0.25, 0.3) is 0 Å². The SMILES string of the molecule is C1=C2CC=C2COC1. The van der Waals surface area contributed by atoms with E-state index >= 15 is 0 Å². The lowest BCUT2D eigenvalue weighted by atomic mass is 9.91. The summed E-state index contributed by atoms with van der Waals surface area (Å²) in [6, 6.07) is 0. The molecule has 0 fully saturated rings. The summed E-state index contributed by atoms with van der Waals surface area (Å²) in [5.74, 6) is 0. The van der Waals surface area contributed by atoms with Crippen LogP contribution in [0.1, 0.15) is 6.42 Å². The third-order valence-electron chi connectivity index (χ3n) is 1.69. The van der Waals surface area contributed by atoms with E-state index < -0.39 is 0 Å². The van der Waals surface area contributed by atoms with E-state index in [1.165, 1.54) is 17.6 Å². The van der Waals surface area contributed by atoms with Gasteiger partial charge in [0.2, 0.25) is 0 Å². The highest BCUT2D eigenvalue weighted by Gasteiger charge is 2.15. The minimum atomic E-state index is 0.826. The Morgan fingerprint density at radius 1 is 1.25 bits per heavy atom. The van der Waals surface area contributed by atoms with Gasteiger partial charge in [0.15, 0.2) is 0 Å². The molecule has 1 heterocycles. The quantitative estimate of drug-likeness (QED) is 0.454. The van der Waals surface area contributed by atoms with Crippen LogP contribution in [0.3, 0.4) is 0 Å². The minimum Gasteiger partial charge on any atom is -0.373 e. The second kappa shape index (κ2) is 1.46. The van der Waals surface area contributed by atoms with E-state index in [0.29, 0.717) is 0 Å². The molecule has 0 bridgehead atoms. The van der Waals surface area contributed by atoms with E-state index in [2.05, 4.69) is 12.2 Å². The van der Waals surface area contributed by atoms with Gasteiger partial charge in [0.1, 0.15) is 0 Å². The second-order valence-corrected chi connectivity index (χ2v) is 2.18. The van der Waals surface area contributed by atoms with Gasteiger partial charge >= 0.3 is 0 Å². The number of rotatable bonds is 0. The van der Waals surface area contributed by atoms with Gasteiger partial charge in [-0.05, 0) is 17.6 Å². The van der Waals surface area contributed by atoms with Gasteiger partial charge < -0.3 is 4.74 Å². The number of hydrogen-bond acceptors (Lipinski definition) is 1. The molecule has 0 aromatic rings. The second-order valence-electron chi connectivity index (χ2n) is 2.18. The van der Waals surface area contributed by atoms with Crippen LogP contribution >= 0.6 is 0 Å². The summed E-state index contributed by atoms with van der Waals surface area (Å²) in [6.45, 7) is 1.68. The third kappa shape index (κ3) is 0.450. The van der Waals surface area contributed by atoms with Crippen molar-refractivity contribution in [3.05, 3.63) is 23.3 Å². The maximum Gasteiger partial charge on any atom is 0.0720 e. The Balaban J connectivity index is 2.31. The smallest absolute Gasteiger partial charge is 0.0720 e. The minimum absolute atomic E-state index is 0.826. The molecule has 2 aliphatic rings. The summed E-state index contributed by atoms with van der Waals surface area (Å²) in [5.41, 5.74) is 2.92. The van der Waals surface area contributed by atoms with Crippen molar-refractivity contribution in [1.82, 2.24) is 0 Å². The summed E-state index contributed by atoms with van der Waals surface area (Å²) in [4.78, 5) is 0. The van der Waals surface area contributed by atoms with Crippen molar-refractivity contribution in [1.29, 1.82) is 0 Å². The van der Waals surface area contributed by atoms with Crippen LogP contribution in [0.5, 0.6) is 0 Å². The lowest BCUT2D eigenvalue weighted by Crippen LogP contribution is -2.13. The standard InChI is InChI=1S/C7H8O/c1-2-7-5-8-4-3-6(1)7/h2-3H,1,4-5H2. The lowest BCUT2D eigenvalue weighted by molar-refractivity contribution is 0.177. The Bertz CT molecular complexity index is 165. The van der Waals surface area contributed by atoms with Crippen molar-refractivity contribution >= 4 is 0 Å². The van der Waals surface area contributed by atoms with Crippen molar-refractivity contribution in [3.8, 4) is 0 Å². The van der Waals surface area contributed by atoms with Crippen LogP contribution in [-0.2, 0) is 4.74 Å². The first kappa shape index (κ1) is 4.33. The van der Waals surface area contributed by atoms with E-state index in [4.69, 9.17) is 4.74 Å². The first-order valence-corrected chi connectivity index (χ1v) is 2.93. The molecule has 1 heteroatoms. The molecule has 1 aliphatic carbocycles. The molecule has 2 rings (SSSR count). The molecule has 0 atom stereocenters. The first-order chi connectivity index (χ1) is 3.97. The van der Waals surface area contributed by atoms with Crippen LogP contribution in [0.4, 0.5) is 0 Å². The van der Waals surface area contributed by atoms with E-state index in [1.807, 2.05) is 0 Å². The molecule has 0 spiro atoms. The third-order valence-corrected chi connectivity index (χ3v) is 1.69. The molecule has 1 nitrogen and oxygen atoms in total. The summed E-state index contributed by atoms with van der Waals surface area (Å²) in [6.07, 6.45) is 5.57. The van der Waals surface area contributed by atoms with E-state index in [-0.39, 0.29) is 0 Å². The Labute approximate surface area is 48.7 Å². The average molecular weight is 108 g/mol. The molecule has 0 unspecified atom stereocenters. The largest absolute Gasteiger partial charge is 0.373 e. The molecule has 42 valence electrons. The van der Waals surface area contributed by atoms with Crippen molar-refractivity contribution in [2.45, 2.75) is 6.42 Å². The van der Waals surface area contributed by atoms with Crippen LogP contribution < -0.4 is 0 Å². The van der Waals surface area contributed by atoms with Gasteiger partial charge in [-0.15, -0.1) is 0 Å². The van der Waals surface area contributed by atoms with Crippen LogP contribution in [0.2, 0.25) is 0 Å². The fourth-order valence-electron chi connectivity index (χ4n) is 1.06. The van der Waals surface area contributed by atoms with Gasteiger partial charge in [-0.2, -0.15) is 0 Å². The zero-order valence-corrected chi connectivity index (χ0v) is 4.68. The van der Waals surface area contributed by atoms with Gasteiger partial charge in [-0.25, -0.2) is 0 Å². The molecule has 0 aromatic carbocycles. The van der Waals surface area contributed by atoms with E-state index in [1.54, 1.807) is 0 Å². The monoisotopic (exact) mass is 108 g/mol. The number of allylic oxidation sites excluding steroid dienone is 1. The number of ether oxygens (including phenoxy) is 1. The molecule has 0 radical (unpaired) electrons. The zero-order chi connectivity index (χ0) is 5.40. The van der Waals surface area contributed by atoms with Crippen LogP contribution in [0.15, 0.2) is 23.3 Å². The Kier molecular flexibility index (Phi) is 0.788. The zero-order valence-electron chi connectivity index (χ0n) is 4.68. The van der Waals surface area contributed by atoms with Crippen molar-refractivity contribution in [2.75, 3.05) is 13.2 Å². The molecule has 0 aromatic heterocycles. The van der Waals surface area contributed by atoms with E-state index in [0.717, 1.165) is 13.2 Å². The highest BCUT2D eigenvalue weighted by atomic mass is 16.5. The highest BCUT2D eigenvalue weighted by molar-refractivity contribution is 5.43. The Morgan fingerprint density at radius 3 is 2.62 bits per heavy atom. The lowest BCUT2D eigenvalue weighted by Gasteiger charge is -2.23. The molecule has 0 saturated heterocycles. The Hall–Kier alpha value is -0.560. The molecule has 0 N–H and O–H groups in total. The predicted octanol–water partition coefficient (Wildman–Crippen LogP) is 1.27. The van der Waals surface area contributed by atoms with Crippen LogP contribution in [0, 0.1) is 0 Å². The molecule has 0 saturated carbocycles. The topological polar surface area (TPSA) is 9.23 Å². The van der Waals surface area contributed by atoms with Crippen LogP contribution in [-0.4, -0.2) is 13.2 Å². The average Bonchev–Trinajstić information content (AvgIpc) is 1.72. The van der Waals surface area contributed by atoms with E-state index in [9.17, 15) is 0 Å². The summed E-state index contributed by atoms with van der Waals surface area (Å²) in [5, 5.41) is 0. The summed E-state index contributed by atoms with van der Waals surface area (Å²) in [7, 11) is 0. The normalized spacial score (nSPS) is 25.0. The van der Waals surface area contributed by atoms with Gasteiger partial charge in [0, 0.05) is 0 Å². The molecular formula is C7H8O. The number of fused-ring (bicyclic) bond motifs is 1. The summed E-state index contributed by atoms with van der Waals surface area (Å²) >= 11 is 0. The maximum atomic E-state index is 5.16. The summed E-state index contributed by atoms with van der Waals surface area (Å²) < 4.78 is 5.16. The maximum absolute atomic E-state index is 5.16. The van der Waals surface area contributed by atoms with Gasteiger partial charge in [0.05, 0.1) is 13.2 Å². The van der Waals surface area contributed by atoms with Crippen molar-refractivity contribution < 1.29 is 4.74 Å². The highest BCUT2D eigenvalue weighted by Crippen LogP contribution is 2.28. The van der Waals surface area contributed by atoms with Crippen molar-refractivity contribution in [3.63, 3.8) is 0 Å². The van der Waals surface area contributed by atoms with Gasteiger partial charge in [-0.1, -0.05) is 12.2 Å². The van der Waals surface area contributed by atoms with Gasteiger partial charge in [-0.3, -0.25) is 0 Å². The Morgan fingerprint density at radius 2 is 2.25 bits per heavy atom. The van der Waals surface area contributed by atoms with Crippen LogP contribution in [0.25, 0.3) is 0 Å². The molecule has 1 aliphatic heterocycles. The first-order valence-electron chi connectivity index (χ1n) is 2.93. The fourth-order valence-corrected chi connectivity index (χ4v) is 1.06.